The van der Waals surface area contributed by atoms with Gasteiger partial charge < -0.3 is 9.84 Å². The van der Waals surface area contributed by atoms with Gasteiger partial charge in [-0.25, -0.2) is 4.79 Å². The lowest BCUT2D eigenvalue weighted by Crippen LogP contribution is -1.97. The third kappa shape index (κ3) is 2.63. The molecule has 0 fully saturated rings. The van der Waals surface area contributed by atoms with Crippen LogP contribution in [0.15, 0.2) is 42.5 Å². The molecule has 0 atom stereocenters. The predicted molar refractivity (Wildman–Crippen MR) is 69.7 cm³/mol. The average molecular weight is 263 g/mol. The van der Waals surface area contributed by atoms with E-state index >= 15 is 0 Å². The maximum absolute atomic E-state index is 10.9. The van der Waals surface area contributed by atoms with Gasteiger partial charge in [-0.3, -0.25) is 0 Å². The maximum Gasteiger partial charge on any atom is 0.335 e. The van der Waals surface area contributed by atoms with Gasteiger partial charge in [0.05, 0.1) is 10.6 Å². The zero-order valence-corrected chi connectivity index (χ0v) is 10.4. The number of aryl methyl sites for hydroxylation is 1. The first-order valence-electron chi connectivity index (χ1n) is 5.34. The number of carboxylic acid groups (broad SMARTS) is 1. The highest BCUT2D eigenvalue weighted by Crippen LogP contribution is 2.31. The molecule has 0 heterocycles. The second kappa shape index (κ2) is 5.10. The Bertz CT molecular complexity index is 593. The van der Waals surface area contributed by atoms with E-state index in [1.54, 1.807) is 30.3 Å². The molecular weight excluding hydrogens is 252 g/mol. The number of hydrogen-bond donors (Lipinski definition) is 1. The Morgan fingerprint density at radius 1 is 1.17 bits per heavy atom. The van der Waals surface area contributed by atoms with Crippen LogP contribution in [0.1, 0.15) is 15.9 Å². The normalized spacial score (nSPS) is 10.1. The summed E-state index contributed by atoms with van der Waals surface area (Å²) in [5.74, 6) is 0.00631. The van der Waals surface area contributed by atoms with Crippen LogP contribution in [0.25, 0.3) is 0 Å². The van der Waals surface area contributed by atoms with Crippen molar-refractivity contribution in [3.8, 4) is 11.5 Å². The standard InChI is InChI=1S/C14H11ClO3/c1-9-6-7-10(14(16)17)8-13(9)18-12-5-3-2-4-11(12)15/h2-8H,1H3,(H,16,17). The van der Waals surface area contributed by atoms with Crippen LogP contribution in [0.5, 0.6) is 11.5 Å². The van der Waals surface area contributed by atoms with E-state index in [0.29, 0.717) is 16.5 Å². The van der Waals surface area contributed by atoms with Gasteiger partial charge in [0.15, 0.2) is 0 Å². The summed E-state index contributed by atoms with van der Waals surface area (Å²) in [6, 6.07) is 11.8. The summed E-state index contributed by atoms with van der Waals surface area (Å²) in [5, 5.41) is 9.42. The number of para-hydroxylation sites is 1. The van der Waals surface area contributed by atoms with Gasteiger partial charge in [0.2, 0.25) is 0 Å². The van der Waals surface area contributed by atoms with Crippen molar-refractivity contribution in [3.05, 3.63) is 58.6 Å². The zero-order valence-electron chi connectivity index (χ0n) is 9.68. The Hall–Kier alpha value is -2.00. The third-order valence-electron chi connectivity index (χ3n) is 2.49. The molecule has 18 heavy (non-hydrogen) atoms. The van der Waals surface area contributed by atoms with Crippen molar-refractivity contribution in [3.63, 3.8) is 0 Å². The van der Waals surface area contributed by atoms with Crippen LogP contribution >= 0.6 is 11.6 Å². The molecule has 2 aromatic rings. The Morgan fingerprint density at radius 2 is 1.89 bits per heavy atom. The second-order valence-corrected chi connectivity index (χ2v) is 4.23. The molecule has 92 valence electrons. The van der Waals surface area contributed by atoms with Gasteiger partial charge in [0.1, 0.15) is 11.5 Å². The van der Waals surface area contributed by atoms with Crippen molar-refractivity contribution in [1.29, 1.82) is 0 Å². The van der Waals surface area contributed by atoms with Crippen LogP contribution in [-0.2, 0) is 0 Å². The summed E-state index contributed by atoms with van der Waals surface area (Å²) in [6.45, 7) is 1.85. The van der Waals surface area contributed by atoms with Crippen LogP contribution in [0.4, 0.5) is 0 Å². The zero-order chi connectivity index (χ0) is 13.1. The highest BCUT2D eigenvalue weighted by molar-refractivity contribution is 6.32. The maximum atomic E-state index is 10.9. The number of hydrogen-bond acceptors (Lipinski definition) is 2. The number of aromatic carboxylic acids is 1. The fraction of sp³-hybridized carbons (Fsp3) is 0.0714. The summed E-state index contributed by atoms with van der Waals surface area (Å²) in [6.07, 6.45) is 0. The average Bonchev–Trinajstić information content (AvgIpc) is 2.34. The van der Waals surface area contributed by atoms with E-state index in [2.05, 4.69) is 0 Å². The van der Waals surface area contributed by atoms with E-state index in [1.807, 2.05) is 6.92 Å². The topological polar surface area (TPSA) is 46.5 Å². The molecule has 2 aromatic carbocycles. The minimum atomic E-state index is -0.987. The summed E-state index contributed by atoms with van der Waals surface area (Å²) in [7, 11) is 0. The van der Waals surface area contributed by atoms with Gasteiger partial charge >= 0.3 is 5.97 Å². The highest BCUT2D eigenvalue weighted by atomic mass is 35.5. The predicted octanol–water partition coefficient (Wildman–Crippen LogP) is 4.14. The molecule has 0 aliphatic carbocycles. The van der Waals surface area contributed by atoms with Gasteiger partial charge in [-0.15, -0.1) is 0 Å². The highest BCUT2D eigenvalue weighted by Gasteiger charge is 2.09. The van der Waals surface area contributed by atoms with Crippen LogP contribution in [0, 0.1) is 6.92 Å². The van der Waals surface area contributed by atoms with Crippen molar-refractivity contribution < 1.29 is 14.6 Å². The molecule has 0 aliphatic rings. The smallest absolute Gasteiger partial charge is 0.335 e. The fourth-order valence-corrected chi connectivity index (χ4v) is 1.66. The number of benzene rings is 2. The fourth-order valence-electron chi connectivity index (χ4n) is 1.49. The summed E-state index contributed by atoms with van der Waals surface area (Å²) >= 11 is 5.99. The van der Waals surface area contributed by atoms with Crippen LogP contribution < -0.4 is 4.74 Å². The molecular formula is C14H11ClO3. The first-order chi connectivity index (χ1) is 8.58. The Kier molecular flexibility index (Phi) is 3.53. The van der Waals surface area contributed by atoms with E-state index in [4.69, 9.17) is 21.4 Å². The molecule has 0 unspecified atom stereocenters. The van der Waals surface area contributed by atoms with Gasteiger partial charge in [-0.2, -0.15) is 0 Å². The van der Waals surface area contributed by atoms with Gasteiger partial charge in [-0.05, 0) is 36.8 Å². The Balaban J connectivity index is 2.37. The molecule has 2 rings (SSSR count). The lowest BCUT2D eigenvalue weighted by Gasteiger charge is -2.10. The number of carbonyl (C=O) groups is 1. The molecule has 0 saturated carbocycles. The van der Waals surface area contributed by atoms with E-state index in [0.717, 1.165) is 5.56 Å². The van der Waals surface area contributed by atoms with E-state index in [1.165, 1.54) is 12.1 Å². The first kappa shape index (κ1) is 12.5. The molecule has 0 radical (unpaired) electrons. The molecule has 1 N–H and O–H groups in total. The summed E-state index contributed by atoms with van der Waals surface area (Å²) < 4.78 is 5.64. The van der Waals surface area contributed by atoms with Crippen LogP contribution in [0.3, 0.4) is 0 Å². The lowest BCUT2D eigenvalue weighted by atomic mass is 10.1. The molecule has 0 aliphatic heterocycles. The van der Waals surface area contributed by atoms with Crippen molar-refractivity contribution in [1.82, 2.24) is 0 Å². The largest absolute Gasteiger partial charge is 0.478 e. The van der Waals surface area contributed by atoms with E-state index in [9.17, 15) is 4.79 Å². The minimum Gasteiger partial charge on any atom is -0.478 e. The van der Waals surface area contributed by atoms with Crippen molar-refractivity contribution in [2.75, 3.05) is 0 Å². The van der Waals surface area contributed by atoms with Crippen LogP contribution in [0.2, 0.25) is 5.02 Å². The molecule has 0 spiro atoms. The molecule has 0 saturated heterocycles. The first-order valence-corrected chi connectivity index (χ1v) is 5.72. The van der Waals surface area contributed by atoms with Crippen molar-refractivity contribution in [2.45, 2.75) is 6.92 Å². The lowest BCUT2D eigenvalue weighted by molar-refractivity contribution is 0.0696. The van der Waals surface area contributed by atoms with Gasteiger partial charge in [0, 0.05) is 0 Å². The number of carboxylic acids is 1. The molecule has 0 amide bonds. The third-order valence-corrected chi connectivity index (χ3v) is 2.80. The van der Waals surface area contributed by atoms with E-state index in [-0.39, 0.29) is 5.56 Å². The number of rotatable bonds is 3. The molecule has 4 heteroatoms. The van der Waals surface area contributed by atoms with Crippen molar-refractivity contribution >= 4 is 17.6 Å². The molecule has 0 bridgehead atoms. The Morgan fingerprint density at radius 3 is 2.56 bits per heavy atom. The summed E-state index contributed by atoms with van der Waals surface area (Å²) in [5.41, 5.74) is 1.03. The van der Waals surface area contributed by atoms with Gasteiger partial charge in [-0.1, -0.05) is 29.8 Å². The number of ether oxygens (including phenoxy) is 1. The van der Waals surface area contributed by atoms with Crippen LogP contribution in [-0.4, -0.2) is 11.1 Å². The van der Waals surface area contributed by atoms with Crippen molar-refractivity contribution in [2.24, 2.45) is 0 Å². The quantitative estimate of drug-likeness (QED) is 0.904. The molecule has 3 nitrogen and oxygen atoms in total. The van der Waals surface area contributed by atoms with Gasteiger partial charge in [0.25, 0.3) is 0 Å². The summed E-state index contributed by atoms with van der Waals surface area (Å²) in [4.78, 5) is 10.9. The second-order valence-electron chi connectivity index (χ2n) is 3.82. The van der Waals surface area contributed by atoms with E-state index < -0.39 is 5.97 Å². The Labute approximate surface area is 110 Å². The monoisotopic (exact) mass is 262 g/mol. The SMILES string of the molecule is Cc1ccc(C(=O)O)cc1Oc1ccccc1Cl. The number of halogens is 1. The molecule has 0 aromatic heterocycles. The minimum absolute atomic E-state index is 0.183.